The van der Waals surface area contributed by atoms with Gasteiger partial charge in [0.05, 0.1) is 11.5 Å². The van der Waals surface area contributed by atoms with Crippen molar-refractivity contribution in [2.75, 3.05) is 11.5 Å². The Morgan fingerprint density at radius 2 is 2.12 bits per heavy atom. The Labute approximate surface area is 163 Å². The summed E-state index contributed by atoms with van der Waals surface area (Å²) in [6.07, 6.45) is 0.248. The summed E-state index contributed by atoms with van der Waals surface area (Å²) < 4.78 is 24.6. The molecule has 2 unspecified atom stereocenters. The maximum absolute atomic E-state index is 12.9. The second-order valence-corrected chi connectivity index (χ2v) is 10.6. The molecule has 0 saturated carbocycles. The van der Waals surface area contributed by atoms with Crippen molar-refractivity contribution in [3.05, 3.63) is 34.3 Å². The lowest BCUT2D eigenvalue weighted by Gasteiger charge is -2.29. The second-order valence-electron chi connectivity index (χ2n) is 6.30. The molecule has 7 nitrogen and oxygen atoms in total. The van der Waals surface area contributed by atoms with E-state index in [1.807, 2.05) is 24.3 Å². The van der Waals surface area contributed by atoms with Crippen molar-refractivity contribution < 1.29 is 22.8 Å². The quantitative estimate of drug-likeness (QED) is 0.717. The zero-order valence-corrected chi connectivity index (χ0v) is 16.9. The SMILES string of the molecule is O=C1NC(=O)C(CC(=O)N(Cc2cccc(Br)c2)C2CCS(=O)(=O)C2)S1. The number of carbonyl (C=O) groups is 3. The number of carbonyl (C=O) groups excluding carboxylic acids is 3. The number of nitrogens with zero attached hydrogens (tertiary/aromatic N) is 1. The van der Waals surface area contributed by atoms with Crippen molar-refractivity contribution >= 4 is 54.6 Å². The normalized spacial score (nSPS) is 24.5. The van der Waals surface area contributed by atoms with Crippen LogP contribution >= 0.6 is 27.7 Å². The van der Waals surface area contributed by atoms with Crippen LogP contribution in [0.5, 0.6) is 0 Å². The molecule has 3 amide bonds. The molecule has 0 aromatic heterocycles. The van der Waals surface area contributed by atoms with Gasteiger partial charge >= 0.3 is 0 Å². The van der Waals surface area contributed by atoms with E-state index in [-0.39, 0.29) is 30.4 Å². The van der Waals surface area contributed by atoms with Gasteiger partial charge in [-0.2, -0.15) is 0 Å². The summed E-state index contributed by atoms with van der Waals surface area (Å²) in [5.41, 5.74) is 0.858. The molecule has 1 aromatic carbocycles. The minimum Gasteiger partial charge on any atom is -0.334 e. The van der Waals surface area contributed by atoms with Crippen molar-refractivity contribution in [3.8, 4) is 0 Å². The summed E-state index contributed by atoms with van der Waals surface area (Å²) in [5.74, 6) is -0.823. The van der Waals surface area contributed by atoms with Gasteiger partial charge in [0.1, 0.15) is 5.25 Å². The number of thioether (sulfide) groups is 1. The minimum absolute atomic E-state index is 0.0527. The molecule has 0 radical (unpaired) electrons. The molecule has 1 aromatic rings. The highest BCUT2D eigenvalue weighted by Crippen LogP contribution is 2.26. The van der Waals surface area contributed by atoms with Crippen molar-refractivity contribution in [3.63, 3.8) is 0 Å². The van der Waals surface area contributed by atoms with Crippen molar-refractivity contribution in [1.29, 1.82) is 0 Å². The minimum atomic E-state index is -3.16. The van der Waals surface area contributed by atoms with Crippen LogP contribution in [0, 0.1) is 0 Å². The van der Waals surface area contributed by atoms with Gasteiger partial charge in [0.25, 0.3) is 5.24 Å². The van der Waals surface area contributed by atoms with Crippen LogP contribution in [0.1, 0.15) is 18.4 Å². The monoisotopic (exact) mass is 460 g/mol. The Morgan fingerprint density at radius 3 is 2.69 bits per heavy atom. The number of amides is 3. The van der Waals surface area contributed by atoms with Gasteiger partial charge in [-0.15, -0.1) is 0 Å². The van der Waals surface area contributed by atoms with Crippen LogP contribution in [0.3, 0.4) is 0 Å². The largest absolute Gasteiger partial charge is 0.334 e. The number of benzene rings is 1. The van der Waals surface area contributed by atoms with E-state index in [1.54, 1.807) is 0 Å². The van der Waals surface area contributed by atoms with Crippen LogP contribution < -0.4 is 5.32 Å². The summed E-state index contributed by atoms with van der Waals surface area (Å²) >= 11 is 4.18. The summed E-state index contributed by atoms with van der Waals surface area (Å²) in [5, 5.41) is 0.934. The number of sulfone groups is 1. The van der Waals surface area contributed by atoms with E-state index in [0.717, 1.165) is 21.8 Å². The predicted molar refractivity (Wildman–Crippen MR) is 101 cm³/mol. The van der Waals surface area contributed by atoms with Gasteiger partial charge in [-0.3, -0.25) is 19.7 Å². The smallest absolute Gasteiger partial charge is 0.286 e. The van der Waals surface area contributed by atoms with E-state index in [0.29, 0.717) is 6.42 Å². The molecule has 2 aliphatic heterocycles. The fraction of sp³-hybridized carbons (Fsp3) is 0.438. The fourth-order valence-electron chi connectivity index (χ4n) is 3.08. The van der Waals surface area contributed by atoms with E-state index in [9.17, 15) is 22.8 Å². The Balaban J connectivity index is 1.79. The first-order chi connectivity index (χ1) is 12.2. The zero-order chi connectivity index (χ0) is 18.9. The molecule has 2 aliphatic rings. The third-order valence-electron chi connectivity index (χ3n) is 4.34. The average Bonchev–Trinajstić information content (AvgIpc) is 3.06. The molecule has 3 rings (SSSR count). The molecular weight excluding hydrogens is 444 g/mol. The maximum atomic E-state index is 12.9. The average molecular weight is 461 g/mol. The molecule has 2 atom stereocenters. The number of imide groups is 1. The van der Waals surface area contributed by atoms with Crippen LogP contribution in [0.2, 0.25) is 0 Å². The number of hydrogen-bond donors (Lipinski definition) is 1. The van der Waals surface area contributed by atoms with E-state index >= 15 is 0 Å². The Bertz CT molecular complexity index is 858. The van der Waals surface area contributed by atoms with Gasteiger partial charge in [-0.05, 0) is 24.1 Å². The second kappa shape index (κ2) is 7.69. The highest BCUT2D eigenvalue weighted by Gasteiger charge is 2.38. The lowest BCUT2D eigenvalue weighted by atomic mass is 10.1. The van der Waals surface area contributed by atoms with Crippen LogP contribution in [-0.4, -0.2) is 53.2 Å². The van der Waals surface area contributed by atoms with E-state index in [4.69, 9.17) is 0 Å². The highest BCUT2D eigenvalue weighted by atomic mass is 79.9. The molecule has 2 fully saturated rings. The summed E-state index contributed by atoms with van der Waals surface area (Å²) in [4.78, 5) is 37.4. The van der Waals surface area contributed by atoms with Crippen molar-refractivity contribution in [1.82, 2.24) is 10.2 Å². The Hall–Kier alpha value is -1.39. The fourth-order valence-corrected chi connectivity index (χ4v) is 6.06. The van der Waals surface area contributed by atoms with Gasteiger partial charge in [-0.1, -0.05) is 39.8 Å². The molecular formula is C16H17BrN2O5S2. The van der Waals surface area contributed by atoms with E-state index < -0.39 is 32.3 Å². The van der Waals surface area contributed by atoms with Crippen LogP contribution in [0.4, 0.5) is 4.79 Å². The summed E-state index contributed by atoms with van der Waals surface area (Å²) in [6, 6.07) is 7.00. The van der Waals surface area contributed by atoms with Crippen LogP contribution in [-0.2, 0) is 26.0 Å². The van der Waals surface area contributed by atoms with Gasteiger partial charge < -0.3 is 4.90 Å². The predicted octanol–water partition coefficient (Wildman–Crippen LogP) is 1.71. The first kappa shape index (κ1) is 19.4. The zero-order valence-electron chi connectivity index (χ0n) is 13.7. The molecule has 0 aliphatic carbocycles. The number of halogens is 1. The van der Waals surface area contributed by atoms with Gasteiger partial charge in [0.2, 0.25) is 11.8 Å². The lowest BCUT2D eigenvalue weighted by Crippen LogP contribution is -2.42. The van der Waals surface area contributed by atoms with Crippen molar-refractivity contribution in [2.24, 2.45) is 0 Å². The van der Waals surface area contributed by atoms with E-state index in [2.05, 4.69) is 21.2 Å². The van der Waals surface area contributed by atoms with Gasteiger partial charge in [0, 0.05) is 23.5 Å². The van der Waals surface area contributed by atoms with Gasteiger partial charge in [-0.25, -0.2) is 8.42 Å². The third kappa shape index (κ3) is 4.66. The first-order valence-corrected chi connectivity index (χ1v) is 11.5. The topological polar surface area (TPSA) is 101 Å². The Kier molecular flexibility index (Phi) is 5.73. The number of hydrogen-bond acceptors (Lipinski definition) is 6. The standard InChI is InChI=1S/C16H17BrN2O5S2/c17-11-3-1-2-10(6-11)8-19(12-4-5-26(23,24)9-12)14(20)7-13-15(21)18-16(22)25-13/h1-3,6,12-13H,4-5,7-9H2,(H,18,21,22). The maximum Gasteiger partial charge on any atom is 0.286 e. The molecule has 2 saturated heterocycles. The Morgan fingerprint density at radius 1 is 1.35 bits per heavy atom. The molecule has 0 bridgehead atoms. The highest BCUT2D eigenvalue weighted by molar-refractivity contribution is 9.10. The molecule has 1 N–H and O–H groups in total. The van der Waals surface area contributed by atoms with Crippen molar-refractivity contribution in [2.45, 2.75) is 30.7 Å². The number of nitrogens with one attached hydrogen (secondary N) is 1. The van der Waals surface area contributed by atoms with Gasteiger partial charge in [0.15, 0.2) is 9.84 Å². The lowest BCUT2D eigenvalue weighted by molar-refractivity contribution is -0.135. The van der Waals surface area contributed by atoms with E-state index in [1.165, 1.54) is 4.90 Å². The molecule has 0 spiro atoms. The summed E-state index contributed by atoms with van der Waals surface area (Å²) in [6.45, 7) is 0.255. The number of rotatable bonds is 5. The van der Waals surface area contributed by atoms with Crippen LogP contribution in [0.25, 0.3) is 0 Å². The first-order valence-electron chi connectivity index (χ1n) is 7.99. The third-order valence-corrected chi connectivity index (χ3v) is 7.56. The summed E-state index contributed by atoms with van der Waals surface area (Å²) in [7, 11) is -3.16. The molecule has 26 heavy (non-hydrogen) atoms. The molecule has 140 valence electrons. The molecule has 2 heterocycles. The molecule has 10 heteroatoms. The van der Waals surface area contributed by atoms with Crippen LogP contribution in [0.15, 0.2) is 28.7 Å².